The van der Waals surface area contributed by atoms with Crippen LogP contribution in [0.1, 0.15) is 58.9 Å². The summed E-state index contributed by atoms with van der Waals surface area (Å²) < 4.78 is 10.9. The third-order valence-corrected chi connectivity index (χ3v) is 6.41. The number of ether oxygens (including phenoxy) is 2. The second-order valence-corrected chi connectivity index (χ2v) is 10.3. The molecule has 3 rings (SSSR count). The number of esters is 1. The number of nitrogens with zero attached hydrogens (tertiary/aromatic N) is 2. The number of carbonyl (C=O) groups excluding carboxylic acids is 3. The molecule has 2 fully saturated rings. The molecule has 0 saturated carbocycles. The van der Waals surface area contributed by atoms with Crippen molar-refractivity contribution in [2.45, 2.75) is 71.5 Å². The van der Waals surface area contributed by atoms with Gasteiger partial charge in [-0.3, -0.25) is 9.59 Å². The van der Waals surface area contributed by atoms with Crippen molar-refractivity contribution in [2.75, 3.05) is 26.2 Å². The molecule has 2 amide bonds. The zero-order chi connectivity index (χ0) is 24.0. The Hall–Kier alpha value is -2.57. The molecule has 1 atom stereocenters. The molecule has 0 N–H and O–H groups in total. The quantitative estimate of drug-likeness (QED) is 0.623. The minimum Gasteiger partial charge on any atom is -0.452 e. The highest BCUT2D eigenvalue weighted by atomic mass is 16.6. The molecule has 2 heterocycles. The lowest BCUT2D eigenvalue weighted by molar-refractivity contribution is -0.164. The molecule has 182 valence electrons. The normalized spacial score (nSPS) is 19.2. The van der Waals surface area contributed by atoms with Gasteiger partial charge in [0.15, 0.2) is 6.10 Å². The number of piperidine rings is 2. The summed E-state index contributed by atoms with van der Waals surface area (Å²) in [5.74, 6) is -0.189. The van der Waals surface area contributed by atoms with Crippen molar-refractivity contribution in [3.05, 3.63) is 35.9 Å². The third kappa shape index (κ3) is 7.47. The fraction of sp³-hybridized carbons (Fsp3) is 0.654. The summed E-state index contributed by atoms with van der Waals surface area (Å²) in [5.41, 5.74) is 0.792. The summed E-state index contributed by atoms with van der Waals surface area (Å²) in [6, 6.07) is 10.4. The molecule has 0 aliphatic carbocycles. The van der Waals surface area contributed by atoms with E-state index in [1.54, 1.807) is 11.8 Å². The molecular weight excluding hydrogens is 420 g/mol. The minimum atomic E-state index is -0.785. The zero-order valence-electron chi connectivity index (χ0n) is 20.4. The molecule has 0 aromatic heterocycles. The van der Waals surface area contributed by atoms with Crippen molar-refractivity contribution in [3.8, 4) is 0 Å². The molecule has 7 heteroatoms. The van der Waals surface area contributed by atoms with Gasteiger partial charge in [0.1, 0.15) is 5.60 Å². The zero-order valence-corrected chi connectivity index (χ0v) is 20.4. The van der Waals surface area contributed by atoms with Crippen LogP contribution >= 0.6 is 0 Å². The van der Waals surface area contributed by atoms with E-state index >= 15 is 0 Å². The molecule has 2 saturated heterocycles. The van der Waals surface area contributed by atoms with E-state index < -0.39 is 11.7 Å². The predicted molar refractivity (Wildman–Crippen MR) is 126 cm³/mol. The fourth-order valence-corrected chi connectivity index (χ4v) is 4.51. The maximum absolute atomic E-state index is 12.8. The summed E-state index contributed by atoms with van der Waals surface area (Å²) in [4.78, 5) is 41.1. The van der Waals surface area contributed by atoms with Gasteiger partial charge in [0.05, 0.1) is 5.92 Å². The number of hydrogen-bond donors (Lipinski definition) is 0. The van der Waals surface area contributed by atoms with Crippen LogP contribution in [-0.2, 0) is 25.5 Å². The van der Waals surface area contributed by atoms with Crippen molar-refractivity contribution in [1.29, 1.82) is 0 Å². The van der Waals surface area contributed by atoms with Crippen LogP contribution in [0.2, 0.25) is 0 Å². The summed E-state index contributed by atoms with van der Waals surface area (Å²) in [6.45, 7) is 9.46. The first kappa shape index (κ1) is 25.1. The number of amides is 2. The van der Waals surface area contributed by atoms with E-state index in [2.05, 4.69) is 24.3 Å². The molecule has 2 aliphatic heterocycles. The van der Waals surface area contributed by atoms with Crippen molar-refractivity contribution >= 4 is 18.0 Å². The number of likely N-dealkylation sites (tertiary alicyclic amines) is 2. The van der Waals surface area contributed by atoms with E-state index in [0.29, 0.717) is 44.9 Å². The lowest BCUT2D eigenvalue weighted by atomic mass is 9.90. The van der Waals surface area contributed by atoms with E-state index in [1.807, 2.05) is 31.7 Å². The Morgan fingerprint density at radius 3 is 2.09 bits per heavy atom. The van der Waals surface area contributed by atoms with Gasteiger partial charge in [-0.05, 0) is 71.3 Å². The Morgan fingerprint density at radius 1 is 0.939 bits per heavy atom. The monoisotopic (exact) mass is 458 g/mol. The molecule has 7 nitrogen and oxygen atoms in total. The van der Waals surface area contributed by atoms with Crippen molar-refractivity contribution in [1.82, 2.24) is 9.80 Å². The Bertz CT molecular complexity index is 804. The van der Waals surface area contributed by atoms with Gasteiger partial charge in [0, 0.05) is 26.2 Å². The SMILES string of the molecule is CC(OC(=O)C1CCN(C(=O)OC(C)(C)C)CC1)C(=O)N1CCC(Cc2ccccc2)CC1. The van der Waals surface area contributed by atoms with Crippen molar-refractivity contribution in [2.24, 2.45) is 11.8 Å². The molecule has 2 aliphatic rings. The van der Waals surface area contributed by atoms with Crippen LogP contribution in [0.5, 0.6) is 0 Å². The van der Waals surface area contributed by atoms with Crippen LogP contribution in [0.4, 0.5) is 4.79 Å². The van der Waals surface area contributed by atoms with Gasteiger partial charge < -0.3 is 19.3 Å². The molecule has 0 spiro atoms. The second kappa shape index (κ2) is 11.0. The van der Waals surface area contributed by atoms with Gasteiger partial charge in [-0.15, -0.1) is 0 Å². The van der Waals surface area contributed by atoms with Gasteiger partial charge in [0.25, 0.3) is 5.91 Å². The number of benzene rings is 1. The molecule has 0 radical (unpaired) electrons. The first-order valence-corrected chi connectivity index (χ1v) is 12.1. The second-order valence-electron chi connectivity index (χ2n) is 10.3. The van der Waals surface area contributed by atoms with E-state index in [4.69, 9.17) is 9.47 Å². The minimum absolute atomic E-state index is 0.118. The van der Waals surface area contributed by atoms with Gasteiger partial charge in [-0.2, -0.15) is 0 Å². The smallest absolute Gasteiger partial charge is 0.410 e. The van der Waals surface area contributed by atoms with Gasteiger partial charge in [-0.1, -0.05) is 30.3 Å². The summed E-state index contributed by atoms with van der Waals surface area (Å²) in [7, 11) is 0. The van der Waals surface area contributed by atoms with Crippen molar-refractivity contribution < 1.29 is 23.9 Å². The topological polar surface area (TPSA) is 76.1 Å². The van der Waals surface area contributed by atoms with E-state index in [0.717, 1.165) is 19.3 Å². The van der Waals surface area contributed by atoms with Crippen LogP contribution in [-0.4, -0.2) is 65.7 Å². The first-order chi connectivity index (χ1) is 15.6. The summed E-state index contributed by atoms with van der Waals surface area (Å²) >= 11 is 0. The largest absolute Gasteiger partial charge is 0.452 e. The number of rotatable bonds is 5. The van der Waals surface area contributed by atoms with E-state index in [9.17, 15) is 14.4 Å². The highest BCUT2D eigenvalue weighted by Crippen LogP contribution is 2.24. The molecule has 33 heavy (non-hydrogen) atoms. The Balaban J connectivity index is 1.39. The Labute approximate surface area is 197 Å². The summed E-state index contributed by atoms with van der Waals surface area (Å²) in [6.07, 6.45) is 2.86. The van der Waals surface area contributed by atoms with E-state index in [1.165, 1.54) is 5.56 Å². The molecule has 1 aromatic rings. The molecular formula is C26H38N2O5. The lowest BCUT2D eigenvalue weighted by Gasteiger charge is -2.34. The third-order valence-electron chi connectivity index (χ3n) is 6.41. The predicted octanol–water partition coefficient (Wildman–Crippen LogP) is 4.05. The first-order valence-electron chi connectivity index (χ1n) is 12.1. The molecule has 0 bridgehead atoms. The van der Waals surface area contributed by atoms with Gasteiger partial charge in [-0.25, -0.2) is 4.79 Å². The summed E-state index contributed by atoms with van der Waals surface area (Å²) in [5, 5.41) is 0. The van der Waals surface area contributed by atoms with Crippen LogP contribution in [0, 0.1) is 11.8 Å². The van der Waals surface area contributed by atoms with Crippen LogP contribution in [0.3, 0.4) is 0 Å². The van der Waals surface area contributed by atoms with Crippen LogP contribution in [0.25, 0.3) is 0 Å². The Kier molecular flexibility index (Phi) is 8.38. The molecule has 1 unspecified atom stereocenters. The van der Waals surface area contributed by atoms with Gasteiger partial charge >= 0.3 is 12.1 Å². The number of carbonyl (C=O) groups is 3. The average molecular weight is 459 g/mol. The average Bonchev–Trinajstić information content (AvgIpc) is 2.78. The standard InChI is InChI=1S/C26H38N2O5/c1-19(23(29)27-14-10-21(11-15-27)18-20-8-6-5-7-9-20)32-24(30)22-12-16-28(17-13-22)25(31)33-26(2,3)4/h5-9,19,21-22H,10-18H2,1-4H3. The highest BCUT2D eigenvalue weighted by molar-refractivity contribution is 5.84. The number of hydrogen-bond acceptors (Lipinski definition) is 5. The maximum Gasteiger partial charge on any atom is 0.410 e. The fourth-order valence-electron chi connectivity index (χ4n) is 4.51. The Morgan fingerprint density at radius 2 is 1.52 bits per heavy atom. The van der Waals surface area contributed by atoms with Crippen LogP contribution in [0.15, 0.2) is 30.3 Å². The van der Waals surface area contributed by atoms with E-state index in [-0.39, 0.29) is 23.9 Å². The van der Waals surface area contributed by atoms with Gasteiger partial charge in [0.2, 0.25) is 0 Å². The van der Waals surface area contributed by atoms with Crippen molar-refractivity contribution in [3.63, 3.8) is 0 Å². The molecule has 1 aromatic carbocycles. The highest BCUT2D eigenvalue weighted by Gasteiger charge is 2.33. The van der Waals surface area contributed by atoms with Crippen LogP contribution < -0.4 is 0 Å². The maximum atomic E-state index is 12.8. The lowest BCUT2D eigenvalue weighted by Crippen LogP contribution is -2.46.